The van der Waals surface area contributed by atoms with Crippen molar-refractivity contribution in [1.29, 1.82) is 0 Å². The van der Waals surface area contributed by atoms with E-state index in [1.54, 1.807) is 27.4 Å². The minimum atomic E-state index is 0. The quantitative estimate of drug-likeness (QED) is 0.165. The summed E-state index contributed by atoms with van der Waals surface area (Å²) in [6.45, 7) is 8.34. The van der Waals surface area contributed by atoms with E-state index in [9.17, 15) is 0 Å². The Morgan fingerprint density at radius 2 is 0.864 bits per heavy atom. The van der Waals surface area contributed by atoms with Crippen molar-refractivity contribution in [1.82, 2.24) is 0 Å². The first-order valence-corrected chi connectivity index (χ1v) is 21.1. The molecule has 5 heteroatoms. The second-order valence-corrected chi connectivity index (χ2v) is 17.1. The van der Waals surface area contributed by atoms with Crippen LogP contribution in [-0.4, -0.2) is 3.21 Å². The summed E-state index contributed by atoms with van der Waals surface area (Å²) in [5, 5.41) is 10.2. The van der Waals surface area contributed by atoms with Gasteiger partial charge in [-0.2, -0.15) is 0 Å². The van der Waals surface area contributed by atoms with Gasteiger partial charge in [-0.1, -0.05) is 107 Å². The Bertz CT molecular complexity index is 2870. The molecule has 2 heterocycles. The van der Waals surface area contributed by atoms with E-state index in [0.29, 0.717) is 0 Å². The Kier molecular flexibility index (Phi) is 12.9. The number of hydrogen-bond donors (Lipinski definition) is 0. The molecule has 0 amide bonds. The maximum atomic E-state index is 5.83. The van der Waals surface area contributed by atoms with Gasteiger partial charge in [0.15, 0.2) is 0 Å². The van der Waals surface area contributed by atoms with E-state index < -0.39 is 0 Å². The van der Waals surface area contributed by atoms with Gasteiger partial charge in [0.25, 0.3) is 0 Å². The van der Waals surface area contributed by atoms with E-state index in [4.69, 9.17) is 8.83 Å². The molecule has 0 aliphatic heterocycles. The van der Waals surface area contributed by atoms with Crippen LogP contribution in [0.5, 0.6) is 0 Å². The summed E-state index contributed by atoms with van der Waals surface area (Å²) in [6.07, 6.45) is 4.36. The van der Waals surface area contributed by atoms with Crippen LogP contribution in [0.25, 0.3) is 88.0 Å². The fourth-order valence-corrected chi connectivity index (χ4v) is 8.92. The Morgan fingerprint density at radius 1 is 0.458 bits per heavy atom. The van der Waals surface area contributed by atoms with E-state index in [0.717, 1.165) is 34.2 Å². The summed E-state index contributed by atoms with van der Waals surface area (Å²) in [5.41, 5.74) is 10.0. The number of halogens is 2. The molecule has 1 fully saturated rings. The first-order chi connectivity index (χ1) is 27.8. The molecule has 10 aromatic rings. The number of benzene rings is 6. The van der Waals surface area contributed by atoms with Crippen LogP contribution in [0.1, 0.15) is 41.9 Å². The third-order valence-electron chi connectivity index (χ3n) is 11.3. The van der Waals surface area contributed by atoms with Crippen molar-refractivity contribution in [3.05, 3.63) is 180 Å². The molecule has 1 saturated carbocycles. The molecular formula is C54H44Cl2O2Zr-2. The maximum absolute atomic E-state index is 5.83. The molecule has 11 rings (SSSR count). The number of rotatable bonds is 4. The van der Waals surface area contributed by atoms with E-state index in [-0.39, 0.29) is 24.8 Å². The second kappa shape index (κ2) is 18.1. The predicted molar refractivity (Wildman–Crippen MR) is 238 cm³/mol. The second-order valence-electron chi connectivity index (χ2n) is 15.4. The van der Waals surface area contributed by atoms with Crippen molar-refractivity contribution in [2.75, 3.05) is 0 Å². The molecule has 0 spiro atoms. The van der Waals surface area contributed by atoms with Gasteiger partial charge in [-0.15, -0.1) is 57.9 Å². The van der Waals surface area contributed by atoms with Crippen LogP contribution in [0.2, 0.25) is 0 Å². The molecule has 0 saturated heterocycles. The van der Waals surface area contributed by atoms with Gasteiger partial charge in [0.05, 0.1) is 23.0 Å². The van der Waals surface area contributed by atoms with Gasteiger partial charge >= 0.3 is 46.7 Å². The van der Waals surface area contributed by atoms with Crippen molar-refractivity contribution < 1.29 is 57.9 Å². The van der Waals surface area contributed by atoms with Crippen LogP contribution in [0.15, 0.2) is 167 Å². The average molecular weight is 887 g/mol. The Hall–Kier alpha value is -5.05. The number of fused-ring (bicyclic) bond motifs is 4. The van der Waals surface area contributed by atoms with Gasteiger partial charge in [0.2, 0.25) is 0 Å². The first-order valence-electron chi connectivity index (χ1n) is 19.9. The van der Waals surface area contributed by atoms with Crippen LogP contribution < -0.4 is 24.8 Å². The third-order valence-corrected chi connectivity index (χ3v) is 12.5. The summed E-state index contributed by atoms with van der Waals surface area (Å²) in [4.78, 5) is 0. The van der Waals surface area contributed by atoms with E-state index in [1.807, 2.05) is 38.1 Å². The molecule has 2 nitrogen and oxygen atoms in total. The number of hydrogen-bond acceptors (Lipinski definition) is 2. The van der Waals surface area contributed by atoms with Crippen molar-refractivity contribution in [3.8, 4) is 44.9 Å². The summed E-state index contributed by atoms with van der Waals surface area (Å²) >= 11 is 1.67. The zero-order valence-corrected chi connectivity index (χ0v) is 37.7. The van der Waals surface area contributed by atoms with Crippen LogP contribution in [-0.2, 0) is 24.2 Å². The molecule has 2 aromatic heterocycles. The van der Waals surface area contributed by atoms with Crippen LogP contribution >= 0.6 is 0 Å². The topological polar surface area (TPSA) is 26.3 Å². The molecule has 0 bridgehead atoms. The van der Waals surface area contributed by atoms with E-state index >= 15 is 0 Å². The normalized spacial score (nSPS) is 12.0. The summed E-state index contributed by atoms with van der Waals surface area (Å²) < 4.78 is 13.4. The summed E-state index contributed by atoms with van der Waals surface area (Å²) in [6, 6.07) is 56.4. The van der Waals surface area contributed by atoms with E-state index in [2.05, 4.69) is 147 Å². The number of aryl methyl sites for hydroxylation is 4. The average Bonchev–Trinajstić information content (AvgIpc) is 4.04. The molecule has 0 N–H and O–H groups in total. The van der Waals surface area contributed by atoms with Gasteiger partial charge < -0.3 is 33.6 Å². The molecule has 1 aliphatic rings. The molecule has 0 radical (unpaired) electrons. The molecule has 59 heavy (non-hydrogen) atoms. The Balaban J connectivity index is 0.000000155. The van der Waals surface area contributed by atoms with Gasteiger partial charge in [-0.05, 0) is 108 Å². The summed E-state index contributed by atoms with van der Waals surface area (Å²) in [5.74, 6) is 3.74. The molecular weight excluding hydrogens is 843 g/mol. The SMILES string of the molecule is Cc1ccc(-c2cc3c(-c4ccc5ccccc5c4)c(C)ccc3[cH-]2)o1.Cc1ccc(-c2cc3c(-c4ccc5ccccc5c4)c(C)ccc3[cH-]2)o1.[Cl-].[Cl-].[Zr+2]=[C]1CCC1. The monoisotopic (exact) mass is 884 g/mol. The summed E-state index contributed by atoms with van der Waals surface area (Å²) in [7, 11) is 0. The molecule has 0 unspecified atom stereocenters. The van der Waals surface area contributed by atoms with Crippen LogP contribution in [0, 0.1) is 27.7 Å². The zero-order valence-electron chi connectivity index (χ0n) is 33.7. The minimum absolute atomic E-state index is 0. The van der Waals surface area contributed by atoms with Gasteiger partial charge in [-0.3, -0.25) is 0 Å². The molecule has 1 aliphatic carbocycles. The fourth-order valence-electron chi connectivity index (χ4n) is 8.05. The van der Waals surface area contributed by atoms with Gasteiger partial charge in [0, 0.05) is 0 Å². The molecule has 0 atom stereocenters. The first kappa shape index (κ1) is 42.1. The molecule has 292 valence electrons. The predicted octanol–water partition coefficient (Wildman–Crippen LogP) is 9.41. The third kappa shape index (κ3) is 8.81. The van der Waals surface area contributed by atoms with Crippen molar-refractivity contribution in [2.45, 2.75) is 47.0 Å². The van der Waals surface area contributed by atoms with Crippen molar-refractivity contribution >= 4 is 46.3 Å². The van der Waals surface area contributed by atoms with Crippen molar-refractivity contribution in [3.63, 3.8) is 0 Å². The van der Waals surface area contributed by atoms with Crippen molar-refractivity contribution in [2.24, 2.45) is 0 Å². The van der Waals surface area contributed by atoms with Crippen LogP contribution in [0.4, 0.5) is 0 Å². The Morgan fingerprint density at radius 3 is 1.22 bits per heavy atom. The molecule has 8 aromatic carbocycles. The number of furan rings is 2. The van der Waals surface area contributed by atoms with Gasteiger partial charge in [0.1, 0.15) is 0 Å². The van der Waals surface area contributed by atoms with Crippen LogP contribution in [0.3, 0.4) is 0 Å². The zero-order chi connectivity index (χ0) is 39.0. The van der Waals surface area contributed by atoms with Gasteiger partial charge in [-0.25, -0.2) is 0 Å². The standard InChI is InChI=1S/2C25H19O.C4H6.2ClH.Zr/c2*1-16-7-9-20-14-22(24-12-8-17(2)26-24)15-23(20)25(16)21-11-10-18-5-3-4-6-19(18)13-21;1-2-4-3-1;;;/h2*3-15H,1-2H3;1-3H2;2*1H;/q2*-1;;;;+2/p-2. The fraction of sp³-hybridized carbons (Fsp3) is 0.130. The van der Waals surface area contributed by atoms with E-state index in [1.165, 1.54) is 95.7 Å². The Labute approximate surface area is 373 Å².